The first-order valence-corrected chi connectivity index (χ1v) is 3.69. The highest BCUT2D eigenvalue weighted by molar-refractivity contribution is 8.14. The van der Waals surface area contributed by atoms with Crippen molar-refractivity contribution >= 4 is 22.9 Å². The Balaban J connectivity index is 3.83. The quantitative estimate of drug-likeness (QED) is 0.416. The number of nitrogens with two attached hydrogens (primary N) is 1. The van der Waals surface area contributed by atoms with Gasteiger partial charge in [-0.3, -0.25) is 10.2 Å². The van der Waals surface area contributed by atoms with Gasteiger partial charge in [-0.15, -0.1) is 0 Å². The summed E-state index contributed by atoms with van der Waals surface area (Å²) in [5, 5.41) is 14.5. The van der Waals surface area contributed by atoms with Crippen molar-refractivity contribution in [3.63, 3.8) is 0 Å². The predicted octanol–water partition coefficient (Wildman–Crippen LogP) is 0.476. The summed E-state index contributed by atoms with van der Waals surface area (Å²) < 4.78 is 0. The van der Waals surface area contributed by atoms with Gasteiger partial charge in [-0.1, -0.05) is 18.7 Å². The largest absolute Gasteiger partial charge is 0.480 e. The third-order valence-corrected chi connectivity index (χ3v) is 1.99. The van der Waals surface area contributed by atoms with Crippen LogP contribution in [0.5, 0.6) is 0 Å². The topological polar surface area (TPSA) is 87.2 Å². The first kappa shape index (κ1) is 9.29. The van der Waals surface area contributed by atoms with Crippen molar-refractivity contribution in [1.29, 1.82) is 5.41 Å². The van der Waals surface area contributed by atoms with E-state index in [1.165, 1.54) is 0 Å². The normalized spacial score (nSPS) is 12.5. The van der Waals surface area contributed by atoms with Crippen molar-refractivity contribution in [2.75, 3.05) is 0 Å². The molecule has 0 spiro atoms. The third kappa shape index (κ3) is 3.34. The van der Waals surface area contributed by atoms with Crippen molar-refractivity contribution in [2.45, 2.75) is 18.6 Å². The fourth-order valence-corrected chi connectivity index (χ4v) is 1.04. The van der Waals surface area contributed by atoms with Gasteiger partial charge in [0.15, 0.2) is 5.17 Å². The van der Waals surface area contributed by atoms with E-state index in [4.69, 9.17) is 16.2 Å². The lowest BCUT2D eigenvalue weighted by Crippen LogP contribution is -2.20. The maximum absolute atomic E-state index is 10.3. The summed E-state index contributed by atoms with van der Waals surface area (Å²) in [7, 11) is 0. The number of hydrogen-bond donors (Lipinski definition) is 3. The Morgan fingerprint density at radius 2 is 2.40 bits per heavy atom. The highest BCUT2D eigenvalue weighted by Gasteiger charge is 2.16. The number of hydrogen-bond acceptors (Lipinski definition) is 3. The number of thioether (sulfide) groups is 1. The zero-order valence-electron chi connectivity index (χ0n) is 5.63. The second-order valence-electron chi connectivity index (χ2n) is 1.72. The third-order valence-electron chi connectivity index (χ3n) is 0.915. The first-order chi connectivity index (χ1) is 4.57. The fourth-order valence-electron chi connectivity index (χ4n) is 0.462. The van der Waals surface area contributed by atoms with Crippen molar-refractivity contribution in [2.24, 2.45) is 5.73 Å². The Morgan fingerprint density at radius 3 is 2.50 bits per heavy atom. The second kappa shape index (κ2) is 4.16. The van der Waals surface area contributed by atoms with Crippen molar-refractivity contribution in [3.05, 3.63) is 0 Å². The molecular weight excluding hydrogens is 152 g/mol. The Hall–Kier alpha value is -0.710. The van der Waals surface area contributed by atoms with Crippen LogP contribution >= 0.6 is 11.8 Å². The van der Waals surface area contributed by atoms with Crippen LogP contribution in [0, 0.1) is 5.41 Å². The summed E-state index contributed by atoms with van der Waals surface area (Å²) in [5.41, 5.74) is 4.99. The molecule has 5 heteroatoms. The van der Waals surface area contributed by atoms with Crippen molar-refractivity contribution in [1.82, 2.24) is 0 Å². The van der Waals surface area contributed by atoms with E-state index in [1.807, 2.05) is 0 Å². The molecule has 0 rings (SSSR count). The molecular formula is C5H10N2O2S. The molecule has 0 aliphatic heterocycles. The Labute approximate surface area is 63.3 Å². The molecule has 10 heavy (non-hydrogen) atoms. The second-order valence-corrected chi connectivity index (χ2v) is 2.96. The maximum Gasteiger partial charge on any atom is 0.317 e. The molecule has 1 atom stereocenters. The van der Waals surface area contributed by atoms with Crippen LogP contribution in [-0.4, -0.2) is 21.5 Å². The Bertz CT molecular complexity index is 149. The molecule has 58 valence electrons. The van der Waals surface area contributed by atoms with Crippen LogP contribution < -0.4 is 5.73 Å². The zero-order chi connectivity index (χ0) is 8.15. The molecule has 0 fully saturated rings. The molecule has 0 amide bonds. The number of carbonyl (C=O) groups is 1. The molecule has 0 saturated carbocycles. The van der Waals surface area contributed by atoms with Crippen LogP contribution in [-0.2, 0) is 4.79 Å². The number of rotatable bonds is 3. The van der Waals surface area contributed by atoms with E-state index in [0.717, 1.165) is 11.8 Å². The van der Waals surface area contributed by atoms with Crippen molar-refractivity contribution < 1.29 is 9.90 Å². The molecule has 0 bridgehead atoms. The number of carboxylic acids is 1. The van der Waals surface area contributed by atoms with Gasteiger partial charge >= 0.3 is 5.97 Å². The fraction of sp³-hybridized carbons (Fsp3) is 0.600. The van der Waals surface area contributed by atoms with Crippen LogP contribution in [0.25, 0.3) is 0 Å². The van der Waals surface area contributed by atoms with Gasteiger partial charge in [0, 0.05) is 0 Å². The van der Waals surface area contributed by atoms with E-state index in [0.29, 0.717) is 6.42 Å². The zero-order valence-corrected chi connectivity index (χ0v) is 6.44. The lowest BCUT2D eigenvalue weighted by molar-refractivity contribution is -0.136. The number of aliphatic carboxylic acids is 1. The summed E-state index contributed by atoms with van der Waals surface area (Å²) in [6, 6.07) is 0. The average Bonchev–Trinajstić information content (AvgIpc) is 1.81. The van der Waals surface area contributed by atoms with E-state index in [1.54, 1.807) is 6.92 Å². The number of nitrogens with one attached hydrogen (secondary N) is 1. The first-order valence-electron chi connectivity index (χ1n) is 2.81. The summed E-state index contributed by atoms with van der Waals surface area (Å²) in [6.07, 6.45) is 0.486. The van der Waals surface area contributed by atoms with Crippen LogP contribution in [0.4, 0.5) is 0 Å². The summed E-state index contributed by atoms with van der Waals surface area (Å²) in [6.45, 7) is 1.74. The van der Waals surface area contributed by atoms with Crippen LogP contribution in [0.1, 0.15) is 13.3 Å². The molecule has 4 N–H and O–H groups in total. The van der Waals surface area contributed by atoms with E-state index in [-0.39, 0.29) is 5.17 Å². The average molecular weight is 162 g/mol. The van der Waals surface area contributed by atoms with E-state index in [9.17, 15) is 4.79 Å². The molecule has 0 aromatic carbocycles. The molecule has 0 aromatic rings. The minimum Gasteiger partial charge on any atom is -0.480 e. The highest BCUT2D eigenvalue weighted by atomic mass is 32.2. The summed E-state index contributed by atoms with van der Waals surface area (Å²) in [5.74, 6) is -0.914. The molecule has 1 unspecified atom stereocenters. The SMILES string of the molecule is CCC(SC(=N)N)C(=O)O. The lowest BCUT2D eigenvalue weighted by Gasteiger charge is -2.05. The van der Waals surface area contributed by atoms with Gasteiger partial charge in [-0.2, -0.15) is 0 Å². The van der Waals surface area contributed by atoms with Crippen molar-refractivity contribution in [3.8, 4) is 0 Å². The lowest BCUT2D eigenvalue weighted by atomic mass is 10.3. The van der Waals surface area contributed by atoms with Crippen LogP contribution in [0.2, 0.25) is 0 Å². The van der Waals surface area contributed by atoms with Gasteiger partial charge in [-0.25, -0.2) is 0 Å². The van der Waals surface area contributed by atoms with Crippen LogP contribution in [0.15, 0.2) is 0 Å². The minimum absolute atomic E-state index is 0.144. The molecule has 0 aliphatic carbocycles. The van der Waals surface area contributed by atoms with E-state index in [2.05, 4.69) is 0 Å². The van der Waals surface area contributed by atoms with Gasteiger partial charge < -0.3 is 10.8 Å². The molecule has 4 nitrogen and oxygen atoms in total. The van der Waals surface area contributed by atoms with Gasteiger partial charge in [0.2, 0.25) is 0 Å². The minimum atomic E-state index is -0.914. The van der Waals surface area contributed by atoms with Crippen LogP contribution in [0.3, 0.4) is 0 Å². The Morgan fingerprint density at radius 1 is 1.90 bits per heavy atom. The number of amidine groups is 1. The van der Waals surface area contributed by atoms with Gasteiger partial charge in [0.1, 0.15) is 5.25 Å². The molecule has 0 radical (unpaired) electrons. The smallest absolute Gasteiger partial charge is 0.317 e. The molecule has 0 aliphatic rings. The summed E-state index contributed by atoms with van der Waals surface area (Å²) >= 11 is 0.869. The number of carboxylic acid groups (broad SMARTS) is 1. The molecule has 0 saturated heterocycles. The van der Waals surface area contributed by atoms with E-state index >= 15 is 0 Å². The van der Waals surface area contributed by atoms with E-state index < -0.39 is 11.2 Å². The molecule has 0 aromatic heterocycles. The standard InChI is InChI=1S/C5H10N2O2S/c1-2-3(4(8)9)10-5(6)7/h3H,2H2,1H3,(H3,6,7)(H,8,9). The predicted molar refractivity (Wildman–Crippen MR) is 41.2 cm³/mol. The summed E-state index contributed by atoms with van der Waals surface area (Å²) in [4.78, 5) is 10.3. The van der Waals surface area contributed by atoms with Gasteiger partial charge in [0.25, 0.3) is 0 Å². The monoisotopic (exact) mass is 162 g/mol. The highest BCUT2D eigenvalue weighted by Crippen LogP contribution is 2.12. The molecule has 0 heterocycles. The maximum atomic E-state index is 10.3. The van der Waals surface area contributed by atoms with Gasteiger partial charge in [-0.05, 0) is 6.42 Å². The Kier molecular flexibility index (Phi) is 3.87. The van der Waals surface area contributed by atoms with Gasteiger partial charge in [0.05, 0.1) is 0 Å².